The van der Waals surface area contributed by atoms with Crippen molar-refractivity contribution in [2.24, 2.45) is 0 Å². The summed E-state index contributed by atoms with van der Waals surface area (Å²) in [5.74, 6) is -1.08. The fourth-order valence-electron chi connectivity index (χ4n) is 2.84. The van der Waals surface area contributed by atoms with E-state index in [1.807, 2.05) is 0 Å². The molecule has 0 N–H and O–H groups in total. The molecule has 0 saturated carbocycles. The Balaban J connectivity index is 2.08. The van der Waals surface area contributed by atoms with Crippen LogP contribution in [0.4, 0.5) is 4.39 Å². The van der Waals surface area contributed by atoms with Crippen LogP contribution in [0.15, 0.2) is 42.5 Å². The first-order chi connectivity index (χ1) is 12.9. The van der Waals surface area contributed by atoms with Crippen molar-refractivity contribution in [1.29, 1.82) is 0 Å². The molecule has 140 valence electrons. The van der Waals surface area contributed by atoms with Gasteiger partial charge in [0.2, 0.25) is 0 Å². The number of hydrogen-bond acceptors (Lipinski definition) is 4. The number of ether oxygens (including phenoxy) is 2. The Kier molecular flexibility index (Phi) is 5.46. The molecule has 0 aliphatic heterocycles. The second-order valence-electron chi connectivity index (χ2n) is 5.90. The Morgan fingerprint density at radius 1 is 1.15 bits per heavy atom. The van der Waals surface area contributed by atoms with Gasteiger partial charge in [0, 0.05) is 24.4 Å². The summed E-state index contributed by atoms with van der Waals surface area (Å²) in [6.07, 6.45) is 0. The summed E-state index contributed by atoms with van der Waals surface area (Å²) in [5.41, 5.74) is 1.69. The van der Waals surface area contributed by atoms with Gasteiger partial charge in [-0.3, -0.25) is 4.79 Å². The number of aromatic nitrogens is 1. The number of fused-ring (bicyclic) bond motifs is 1. The van der Waals surface area contributed by atoms with Crippen molar-refractivity contribution < 1.29 is 23.5 Å². The first-order valence-electron chi connectivity index (χ1n) is 8.31. The maximum atomic E-state index is 13.8. The van der Waals surface area contributed by atoms with Gasteiger partial charge >= 0.3 is 11.9 Å². The number of nitrogens with zero attached hydrogens (tertiary/aromatic N) is 1. The molecule has 27 heavy (non-hydrogen) atoms. The Morgan fingerprint density at radius 2 is 1.93 bits per heavy atom. The number of carbonyl (C=O) groups is 2. The van der Waals surface area contributed by atoms with E-state index in [4.69, 9.17) is 21.1 Å². The summed E-state index contributed by atoms with van der Waals surface area (Å²) in [6.45, 7) is 3.51. The van der Waals surface area contributed by atoms with Gasteiger partial charge in [0.15, 0.2) is 0 Å². The predicted molar refractivity (Wildman–Crippen MR) is 99.7 cm³/mol. The molecule has 0 unspecified atom stereocenters. The largest absolute Gasteiger partial charge is 0.461 e. The molecule has 3 aromatic rings. The lowest BCUT2D eigenvalue weighted by Gasteiger charge is -2.11. The molecular formula is C20H17ClFNO4. The second-order valence-corrected chi connectivity index (χ2v) is 6.31. The number of hydrogen-bond donors (Lipinski definition) is 0. The van der Waals surface area contributed by atoms with E-state index in [0.717, 1.165) is 5.52 Å². The van der Waals surface area contributed by atoms with Gasteiger partial charge in [-0.25, -0.2) is 9.18 Å². The van der Waals surface area contributed by atoms with E-state index in [1.54, 1.807) is 41.8 Å². The van der Waals surface area contributed by atoms with Crippen molar-refractivity contribution in [3.8, 4) is 5.75 Å². The zero-order valence-corrected chi connectivity index (χ0v) is 15.5. The lowest BCUT2D eigenvalue weighted by atomic mass is 10.2. The molecule has 5 nitrogen and oxygen atoms in total. The molecule has 2 aromatic carbocycles. The van der Waals surface area contributed by atoms with Crippen molar-refractivity contribution in [1.82, 2.24) is 4.57 Å². The summed E-state index contributed by atoms with van der Waals surface area (Å²) in [4.78, 5) is 23.6. The molecule has 7 heteroatoms. The molecule has 1 aromatic heterocycles. The van der Waals surface area contributed by atoms with E-state index in [0.29, 0.717) is 22.4 Å². The van der Waals surface area contributed by atoms with E-state index in [9.17, 15) is 14.0 Å². The fraction of sp³-hybridized carbons (Fsp3) is 0.200. The van der Waals surface area contributed by atoms with Crippen LogP contribution in [0.1, 0.15) is 29.9 Å². The molecule has 0 atom stereocenters. The monoisotopic (exact) mass is 389 g/mol. The van der Waals surface area contributed by atoms with Crippen molar-refractivity contribution in [3.05, 3.63) is 64.6 Å². The van der Waals surface area contributed by atoms with Crippen LogP contribution in [0.25, 0.3) is 10.9 Å². The third-order valence-electron chi connectivity index (χ3n) is 3.94. The minimum Gasteiger partial charge on any atom is -0.461 e. The van der Waals surface area contributed by atoms with E-state index in [-0.39, 0.29) is 18.2 Å². The minimum absolute atomic E-state index is 0.0350. The number of rotatable bonds is 5. The summed E-state index contributed by atoms with van der Waals surface area (Å²) in [5, 5.41) is 0.735. The topological polar surface area (TPSA) is 57.5 Å². The van der Waals surface area contributed by atoms with Crippen LogP contribution in [0.2, 0.25) is 5.02 Å². The van der Waals surface area contributed by atoms with Crippen LogP contribution in [0, 0.1) is 5.82 Å². The fourth-order valence-corrected chi connectivity index (χ4v) is 2.96. The van der Waals surface area contributed by atoms with Gasteiger partial charge in [0.1, 0.15) is 17.3 Å². The third-order valence-corrected chi connectivity index (χ3v) is 4.25. The third kappa shape index (κ3) is 4.11. The molecule has 1 heterocycles. The molecule has 0 aliphatic carbocycles. The van der Waals surface area contributed by atoms with Crippen LogP contribution in [-0.4, -0.2) is 23.1 Å². The van der Waals surface area contributed by atoms with Crippen molar-refractivity contribution in [2.75, 3.05) is 6.61 Å². The lowest BCUT2D eigenvalue weighted by molar-refractivity contribution is -0.131. The normalized spacial score (nSPS) is 10.8. The minimum atomic E-state index is -0.527. The van der Waals surface area contributed by atoms with Gasteiger partial charge in [-0.05, 0) is 48.9 Å². The molecular weight excluding hydrogens is 373 g/mol. The van der Waals surface area contributed by atoms with Crippen LogP contribution in [0.3, 0.4) is 0 Å². The molecule has 0 aliphatic rings. The maximum absolute atomic E-state index is 13.8. The van der Waals surface area contributed by atoms with Gasteiger partial charge in [-0.2, -0.15) is 0 Å². The highest BCUT2D eigenvalue weighted by Crippen LogP contribution is 2.27. The molecule has 0 bridgehead atoms. The Hall–Kier alpha value is -2.86. The average molecular weight is 390 g/mol. The first kappa shape index (κ1) is 18.9. The van der Waals surface area contributed by atoms with E-state index in [1.165, 1.54) is 19.1 Å². The molecule has 3 rings (SSSR count). The van der Waals surface area contributed by atoms with Gasteiger partial charge in [0.25, 0.3) is 0 Å². The number of carbonyl (C=O) groups excluding carboxylic acids is 2. The summed E-state index contributed by atoms with van der Waals surface area (Å²) >= 11 is 5.74. The zero-order chi connectivity index (χ0) is 19.6. The second kappa shape index (κ2) is 7.80. The van der Waals surface area contributed by atoms with Crippen molar-refractivity contribution >= 4 is 34.4 Å². The maximum Gasteiger partial charge on any atom is 0.354 e. The highest BCUT2D eigenvalue weighted by atomic mass is 35.5. The molecule has 0 saturated heterocycles. The van der Waals surface area contributed by atoms with E-state index < -0.39 is 17.8 Å². The number of benzene rings is 2. The standard InChI is InChI=1S/C20H17ClFNO4/c1-3-26-20(25)19-10-14-9-15(27-12(2)24)5-7-18(14)23(19)11-13-4-6-16(21)17(22)8-13/h4-10H,3,11H2,1-2H3. The lowest BCUT2D eigenvalue weighted by Crippen LogP contribution is -2.13. The Labute approximate surface area is 160 Å². The Morgan fingerprint density at radius 3 is 2.59 bits per heavy atom. The van der Waals surface area contributed by atoms with Gasteiger partial charge in [-0.1, -0.05) is 17.7 Å². The van der Waals surface area contributed by atoms with Crippen LogP contribution < -0.4 is 4.74 Å². The van der Waals surface area contributed by atoms with E-state index >= 15 is 0 Å². The summed E-state index contributed by atoms with van der Waals surface area (Å²) in [6, 6.07) is 11.2. The predicted octanol–water partition coefficient (Wildman–Crippen LogP) is 4.58. The van der Waals surface area contributed by atoms with Crippen molar-refractivity contribution in [3.63, 3.8) is 0 Å². The highest BCUT2D eigenvalue weighted by Gasteiger charge is 2.18. The summed E-state index contributed by atoms with van der Waals surface area (Å²) in [7, 11) is 0. The summed E-state index contributed by atoms with van der Waals surface area (Å²) < 4.78 is 25.8. The van der Waals surface area contributed by atoms with Crippen LogP contribution >= 0.6 is 11.6 Å². The Bertz CT molecular complexity index is 1030. The quantitative estimate of drug-likeness (QED) is 0.473. The zero-order valence-electron chi connectivity index (χ0n) is 14.8. The number of halogens is 2. The number of esters is 2. The molecule has 0 fully saturated rings. The van der Waals surface area contributed by atoms with Gasteiger partial charge < -0.3 is 14.0 Å². The molecule has 0 radical (unpaired) electrons. The van der Waals surface area contributed by atoms with Crippen LogP contribution in [0.5, 0.6) is 5.75 Å². The van der Waals surface area contributed by atoms with Gasteiger partial charge in [-0.15, -0.1) is 0 Å². The molecule has 0 amide bonds. The van der Waals surface area contributed by atoms with Crippen molar-refractivity contribution in [2.45, 2.75) is 20.4 Å². The van der Waals surface area contributed by atoms with E-state index in [2.05, 4.69) is 0 Å². The smallest absolute Gasteiger partial charge is 0.354 e. The SMILES string of the molecule is CCOC(=O)c1cc2cc(OC(C)=O)ccc2n1Cc1ccc(Cl)c(F)c1. The molecule has 0 spiro atoms. The first-order valence-corrected chi connectivity index (χ1v) is 8.69. The highest BCUT2D eigenvalue weighted by molar-refractivity contribution is 6.30. The average Bonchev–Trinajstić information content (AvgIpc) is 2.96. The van der Waals surface area contributed by atoms with Gasteiger partial charge in [0.05, 0.1) is 11.6 Å². The van der Waals surface area contributed by atoms with Crippen LogP contribution in [-0.2, 0) is 16.1 Å².